The van der Waals surface area contributed by atoms with Gasteiger partial charge in [-0.3, -0.25) is 9.78 Å². The van der Waals surface area contributed by atoms with Crippen LogP contribution in [0.4, 0.5) is 4.39 Å². The third-order valence-corrected chi connectivity index (χ3v) is 2.71. The van der Waals surface area contributed by atoms with Gasteiger partial charge in [0.25, 0.3) is 0 Å². The Morgan fingerprint density at radius 2 is 1.78 bits per heavy atom. The predicted molar refractivity (Wildman–Crippen MR) is 68.1 cm³/mol. The molecule has 3 heteroatoms. The van der Waals surface area contributed by atoms with Crippen LogP contribution in [0.15, 0.2) is 36.4 Å². The molecule has 0 N–H and O–H groups in total. The standard InChI is InChI=1S/C15H14FNO/c1-10-7-13(8-11(2)17-10)15(18)9-12-5-3-4-6-14(12)16/h3-8H,9H2,1-2H3. The highest BCUT2D eigenvalue weighted by Gasteiger charge is 2.11. The first-order chi connectivity index (χ1) is 8.56. The Kier molecular flexibility index (Phi) is 3.51. The van der Waals surface area contributed by atoms with E-state index in [0.29, 0.717) is 11.1 Å². The zero-order valence-corrected chi connectivity index (χ0v) is 10.4. The highest BCUT2D eigenvalue weighted by molar-refractivity contribution is 5.97. The van der Waals surface area contributed by atoms with Crippen LogP contribution < -0.4 is 0 Å². The van der Waals surface area contributed by atoms with Gasteiger partial charge in [0.05, 0.1) is 0 Å². The summed E-state index contributed by atoms with van der Waals surface area (Å²) in [7, 11) is 0. The molecule has 0 atom stereocenters. The van der Waals surface area contributed by atoms with Gasteiger partial charge >= 0.3 is 0 Å². The number of ketones is 1. The van der Waals surface area contributed by atoms with E-state index in [1.807, 2.05) is 13.8 Å². The molecule has 0 bridgehead atoms. The lowest BCUT2D eigenvalue weighted by molar-refractivity contribution is 0.0991. The van der Waals surface area contributed by atoms with Crippen molar-refractivity contribution >= 4 is 5.78 Å². The second kappa shape index (κ2) is 5.08. The van der Waals surface area contributed by atoms with Crippen molar-refractivity contribution in [3.05, 3.63) is 64.7 Å². The van der Waals surface area contributed by atoms with E-state index in [4.69, 9.17) is 0 Å². The van der Waals surface area contributed by atoms with Crippen molar-refractivity contribution < 1.29 is 9.18 Å². The van der Waals surface area contributed by atoms with Crippen LogP contribution >= 0.6 is 0 Å². The largest absolute Gasteiger partial charge is 0.294 e. The molecule has 2 aromatic rings. The zero-order chi connectivity index (χ0) is 13.1. The minimum Gasteiger partial charge on any atom is -0.294 e. The Morgan fingerprint density at radius 1 is 1.17 bits per heavy atom. The summed E-state index contributed by atoms with van der Waals surface area (Å²) in [6, 6.07) is 9.81. The molecule has 0 saturated carbocycles. The number of carbonyl (C=O) groups is 1. The number of rotatable bonds is 3. The van der Waals surface area contributed by atoms with Crippen molar-refractivity contribution in [1.29, 1.82) is 0 Å². The van der Waals surface area contributed by atoms with Crippen LogP contribution in [0.3, 0.4) is 0 Å². The Bertz CT molecular complexity index is 573. The lowest BCUT2D eigenvalue weighted by Crippen LogP contribution is -2.06. The van der Waals surface area contributed by atoms with E-state index in [1.54, 1.807) is 30.3 Å². The first-order valence-electron chi connectivity index (χ1n) is 5.78. The van der Waals surface area contributed by atoms with E-state index in [2.05, 4.69) is 4.98 Å². The van der Waals surface area contributed by atoms with Crippen molar-refractivity contribution in [2.75, 3.05) is 0 Å². The molecule has 1 aromatic heterocycles. The molecule has 1 heterocycles. The van der Waals surface area contributed by atoms with Gasteiger partial charge < -0.3 is 0 Å². The number of nitrogens with zero attached hydrogens (tertiary/aromatic N) is 1. The molecule has 2 rings (SSSR count). The van der Waals surface area contributed by atoms with Crippen molar-refractivity contribution in [1.82, 2.24) is 4.98 Å². The predicted octanol–water partition coefficient (Wildman–Crippen LogP) is 3.26. The van der Waals surface area contributed by atoms with Crippen LogP contribution in [0.5, 0.6) is 0 Å². The number of hydrogen-bond donors (Lipinski definition) is 0. The third kappa shape index (κ3) is 2.80. The fourth-order valence-electron chi connectivity index (χ4n) is 1.91. The number of carbonyl (C=O) groups excluding carboxylic acids is 1. The maximum atomic E-state index is 13.5. The maximum absolute atomic E-state index is 13.5. The Balaban J connectivity index is 2.25. The molecule has 2 nitrogen and oxygen atoms in total. The number of aromatic nitrogens is 1. The van der Waals surface area contributed by atoms with Crippen LogP contribution in [0.2, 0.25) is 0 Å². The second-order valence-corrected chi connectivity index (χ2v) is 4.33. The average Bonchev–Trinajstić information content (AvgIpc) is 2.31. The minimum absolute atomic E-state index is 0.0789. The summed E-state index contributed by atoms with van der Waals surface area (Å²) in [4.78, 5) is 16.3. The van der Waals surface area contributed by atoms with Gasteiger partial charge in [-0.2, -0.15) is 0 Å². The average molecular weight is 243 g/mol. The number of pyridine rings is 1. The van der Waals surface area contributed by atoms with E-state index in [-0.39, 0.29) is 18.0 Å². The van der Waals surface area contributed by atoms with E-state index >= 15 is 0 Å². The Hall–Kier alpha value is -2.03. The third-order valence-electron chi connectivity index (χ3n) is 2.71. The van der Waals surface area contributed by atoms with Crippen LogP contribution in [-0.4, -0.2) is 10.8 Å². The fraction of sp³-hybridized carbons (Fsp3) is 0.200. The van der Waals surface area contributed by atoms with Gasteiger partial charge in [0.2, 0.25) is 0 Å². The van der Waals surface area contributed by atoms with Gasteiger partial charge in [0, 0.05) is 23.4 Å². The van der Waals surface area contributed by atoms with E-state index in [1.165, 1.54) is 6.07 Å². The number of aryl methyl sites for hydroxylation is 2. The molecule has 92 valence electrons. The SMILES string of the molecule is Cc1cc(C(=O)Cc2ccccc2F)cc(C)n1. The Morgan fingerprint density at radius 3 is 2.39 bits per heavy atom. The van der Waals surface area contributed by atoms with Crippen LogP contribution in [0.1, 0.15) is 27.3 Å². The Labute approximate surface area is 105 Å². The number of Topliss-reactive ketones (excluding diaryl/α,β-unsaturated/α-hetero) is 1. The van der Waals surface area contributed by atoms with Gasteiger partial charge in [-0.1, -0.05) is 18.2 Å². The summed E-state index contributed by atoms with van der Waals surface area (Å²) in [6.45, 7) is 3.68. The summed E-state index contributed by atoms with van der Waals surface area (Å²) in [5.41, 5.74) is 2.61. The molecule has 0 saturated heterocycles. The van der Waals surface area contributed by atoms with Crippen LogP contribution in [0, 0.1) is 19.7 Å². The topological polar surface area (TPSA) is 30.0 Å². The number of halogens is 1. The molecule has 0 aliphatic heterocycles. The van der Waals surface area contributed by atoms with E-state index in [9.17, 15) is 9.18 Å². The van der Waals surface area contributed by atoms with Crippen molar-refractivity contribution in [2.24, 2.45) is 0 Å². The molecule has 0 amide bonds. The van der Waals surface area contributed by atoms with Crippen LogP contribution in [0.25, 0.3) is 0 Å². The van der Waals surface area contributed by atoms with Gasteiger partial charge in [-0.15, -0.1) is 0 Å². The molecule has 1 aromatic carbocycles. The number of benzene rings is 1. The summed E-state index contributed by atoms with van der Waals surface area (Å²) in [5.74, 6) is -0.429. The first kappa shape index (κ1) is 12.4. The minimum atomic E-state index is -0.339. The lowest BCUT2D eigenvalue weighted by Gasteiger charge is -2.05. The molecule has 0 spiro atoms. The van der Waals surface area contributed by atoms with E-state index < -0.39 is 0 Å². The zero-order valence-electron chi connectivity index (χ0n) is 10.4. The molecule has 0 aliphatic rings. The van der Waals surface area contributed by atoms with Crippen molar-refractivity contribution in [2.45, 2.75) is 20.3 Å². The van der Waals surface area contributed by atoms with Crippen molar-refractivity contribution in [3.63, 3.8) is 0 Å². The summed E-state index contributed by atoms with van der Waals surface area (Å²) >= 11 is 0. The van der Waals surface area contributed by atoms with Gasteiger partial charge in [0.1, 0.15) is 5.82 Å². The molecular formula is C15H14FNO. The highest BCUT2D eigenvalue weighted by Crippen LogP contribution is 2.12. The van der Waals surface area contributed by atoms with Crippen LogP contribution in [-0.2, 0) is 6.42 Å². The summed E-state index contributed by atoms with van der Waals surface area (Å²) < 4.78 is 13.5. The molecule has 18 heavy (non-hydrogen) atoms. The van der Waals surface area contributed by atoms with Crippen molar-refractivity contribution in [3.8, 4) is 0 Å². The first-order valence-corrected chi connectivity index (χ1v) is 5.78. The van der Waals surface area contributed by atoms with Gasteiger partial charge in [0.15, 0.2) is 5.78 Å². The normalized spacial score (nSPS) is 10.4. The van der Waals surface area contributed by atoms with E-state index in [0.717, 1.165) is 11.4 Å². The molecule has 0 unspecified atom stereocenters. The molecule has 0 radical (unpaired) electrons. The number of hydrogen-bond acceptors (Lipinski definition) is 2. The fourth-order valence-corrected chi connectivity index (χ4v) is 1.91. The van der Waals surface area contributed by atoms with Gasteiger partial charge in [-0.25, -0.2) is 4.39 Å². The molecule has 0 fully saturated rings. The highest BCUT2D eigenvalue weighted by atomic mass is 19.1. The molecular weight excluding hydrogens is 229 g/mol. The maximum Gasteiger partial charge on any atom is 0.167 e. The quantitative estimate of drug-likeness (QED) is 0.774. The molecule has 0 aliphatic carbocycles. The smallest absolute Gasteiger partial charge is 0.167 e. The summed E-state index contributed by atoms with van der Waals surface area (Å²) in [5, 5.41) is 0. The lowest BCUT2D eigenvalue weighted by atomic mass is 10.0. The monoisotopic (exact) mass is 243 g/mol. The second-order valence-electron chi connectivity index (χ2n) is 4.33. The summed E-state index contributed by atoms with van der Waals surface area (Å²) in [6.07, 6.45) is 0.0789. The van der Waals surface area contributed by atoms with Gasteiger partial charge in [-0.05, 0) is 37.6 Å².